The Hall–Kier alpha value is -3.43. The Balaban J connectivity index is 1.60. The highest BCUT2D eigenvalue weighted by Gasteiger charge is 2.45. The summed E-state index contributed by atoms with van der Waals surface area (Å²) in [4.78, 5) is 31.0. The van der Waals surface area contributed by atoms with E-state index in [-0.39, 0.29) is 18.6 Å². The maximum atomic E-state index is 13.5. The first-order valence-corrected chi connectivity index (χ1v) is 12.1. The lowest BCUT2D eigenvalue weighted by atomic mass is 9.86. The van der Waals surface area contributed by atoms with E-state index >= 15 is 0 Å². The van der Waals surface area contributed by atoms with E-state index < -0.39 is 11.6 Å². The molecule has 0 aliphatic carbocycles. The molecule has 5 heterocycles. The molecule has 0 fully saturated rings. The number of hydrogen-bond donors (Lipinski definition) is 2. The molecule has 3 aromatic rings. The second kappa shape index (κ2) is 8.07. The average Bonchev–Trinajstić information content (AvgIpc) is 3.24. The number of nitrogens with zero attached hydrogens (tertiary/aromatic N) is 2. The molecule has 6 rings (SSSR count). The van der Waals surface area contributed by atoms with E-state index in [2.05, 4.69) is 12.2 Å². The summed E-state index contributed by atoms with van der Waals surface area (Å²) in [5.41, 5.74) is 2.65. The maximum Gasteiger partial charge on any atom is 0.343 e. The molecule has 0 unspecified atom stereocenters. The summed E-state index contributed by atoms with van der Waals surface area (Å²) >= 11 is 0. The van der Waals surface area contributed by atoms with Crippen molar-refractivity contribution in [1.29, 1.82) is 0 Å². The molecule has 1 atom stereocenters. The maximum absolute atomic E-state index is 13.5. The molecule has 2 aromatic heterocycles. The van der Waals surface area contributed by atoms with Gasteiger partial charge in [-0.1, -0.05) is 13.8 Å². The van der Waals surface area contributed by atoms with Crippen LogP contribution < -0.4 is 20.3 Å². The number of benzene rings is 1. The number of rotatable bonds is 5. The van der Waals surface area contributed by atoms with E-state index in [0.29, 0.717) is 53.8 Å². The van der Waals surface area contributed by atoms with Gasteiger partial charge in [0.25, 0.3) is 5.56 Å². The lowest BCUT2D eigenvalue weighted by Crippen LogP contribution is -2.44. The average molecular weight is 478 g/mol. The smallest absolute Gasteiger partial charge is 0.343 e. The van der Waals surface area contributed by atoms with Gasteiger partial charge in [0.05, 0.1) is 29.0 Å². The molecule has 0 saturated heterocycles. The summed E-state index contributed by atoms with van der Waals surface area (Å²) in [6.45, 7) is 6.59. The fourth-order valence-electron chi connectivity index (χ4n) is 5.37. The fraction of sp³-hybridized carbons (Fsp3) is 0.423. The monoisotopic (exact) mass is 477 g/mol. The Morgan fingerprint density at radius 1 is 1.09 bits per heavy atom. The van der Waals surface area contributed by atoms with Crippen molar-refractivity contribution in [3.8, 4) is 22.9 Å². The molecule has 0 radical (unpaired) electrons. The SMILES string of the molecule is CCNCCc1c2c(nc3cc4c(cc13)OCCO4)-c1cc3c(c(=O)n1C2)COC(=O)[C@]3(O)CC. The van der Waals surface area contributed by atoms with Crippen LogP contribution >= 0.6 is 0 Å². The lowest BCUT2D eigenvalue weighted by molar-refractivity contribution is -0.172. The third kappa shape index (κ3) is 3.18. The molecule has 0 saturated carbocycles. The second-order valence-electron chi connectivity index (χ2n) is 9.14. The van der Waals surface area contributed by atoms with Gasteiger partial charge in [-0.05, 0) is 43.6 Å². The van der Waals surface area contributed by atoms with Crippen molar-refractivity contribution in [2.24, 2.45) is 0 Å². The zero-order chi connectivity index (χ0) is 24.3. The van der Waals surface area contributed by atoms with Gasteiger partial charge in [0.15, 0.2) is 17.1 Å². The number of carbonyl (C=O) groups is 1. The van der Waals surface area contributed by atoms with Crippen molar-refractivity contribution in [3.63, 3.8) is 0 Å². The van der Waals surface area contributed by atoms with Crippen molar-refractivity contribution in [1.82, 2.24) is 14.9 Å². The van der Waals surface area contributed by atoms with Crippen LogP contribution in [-0.2, 0) is 34.7 Å². The number of esters is 1. The topological polar surface area (TPSA) is 112 Å². The van der Waals surface area contributed by atoms with Crippen LogP contribution in [0.3, 0.4) is 0 Å². The van der Waals surface area contributed by atoms with E-state index in [0.717, 1.165) is 41.5 Å². The van der Waals surface area contributed by atoms with Crippen LogP contribution in [0.2, 0.25) is 0 Å². The molecule has 0 bridgehead atoms. The molecule has 9 heteroatoms. The number of pyridine rings is 2. The Kier molecular flexibility index (Phi) is 5.08. The number of aliphatic hydroxyl groups is 1. The Morgan fingerprint density at radius 2 is 1.86 bits per heavy atom. The molecule has 3 aliphatic rings. The fourth-order valence-corrected chi connectivity index (χ4v) is 5.37. The van der Waals surface area contributed by atoms with Crippen LogP contribution in [0.15, 0.2) is 23.0 Å². The molecular formula is C26H27N3O6. The minimum Gasteiger partial charge on any atom is -0.486 e. The van der Waals surface area contributed by atoms with Crippen LogP contribution in [0, 0.1) is 0 Å². The summed E-state index contributed by atoms with van der Waals surface area (Å²) in [5, 5.41) is 15.5. The van der Waals surface area contributed by atoms with Gasteiger partial charge in [-0.2, -0.15) is 0 Å². The number of ether oxygens (including phenoxy) is 3. The molecule has 182 valence electrons. The zero-order valence-corrected chi connectivity index (χ0v) is 19.8. The van der Waals surface area contributed by atoms with Crippen molar-refractivity contribution >= 4 is 16.9 Å². The first kappa shape index (κ1) is 22.1. The second-order valence-corrected chi connectivity index (χ2v) is 9.14. The van der Waals surface area contributed by atoms with Gasteiger partial charge in [0.2, 0.25) is 0 Å². The number of fused-ring (bicyclic) bond motifs is 6. The zero-order valence-electron chi connectivity index (χ0n) is 19.8. The van der Waals surface area contributed by atoms with Crippen molar-refractivity contribution < 1.29 is 24.1 Å². The molecule has 1 aromatic carbocycles. The highest BCUT2D eigenvalue weighted by Crippen LogP contribution is 2.42. The summed E-state index contributed by atoms with van der Waals surface area (Å²) in [6.07, 6.45) is 0.856. The van der Waals surface area contributed by atoms with E-state index in [4.69, 9.17) is 19.2 Å². The molecule has 0 spiro atoms. The van der Waals surface area contributed by atoms with Gasteiger partial charge in [-0.15, -0.1) is 0 Å². The van der Waals surface area contributed by atoms with Crippen LogP contribution in [0.5, 0.6) is 11.5 Å². The summed E-state index contributed by atoms with van der Waals surface area (Å²) < 4.78 is 18.5. The number of likely N-dealkylation sites (N-methyl/N-ethyl adjacent to an activating group) is 1. The van der Waals surface area contributed by atoms with Gasteiger partial charge in [-0.25, -0.2) is 9.78 Å². The molecule has 9 nitrogen and oxygen atoms in total. The van der Waals surface area contributed by atoms with Gasteiger partial charge in [0, 0.05) is 22.6 Å². The number of cyclic esters (lactones) is 1. The highest BCUT2D eigenvalue weighted by molar-refractivity contribution is 5.91. The Bertz CT molecular complexity index is 1450. The van der Waals surface area contributed by atoms with Crippen LogP contribution in [-0.4, -0.2) is 46.9 Å². The summed E-state index contributed by atoms with van der Waals surface area (Å²) in [5.74, 6) is 0.622. The highest BCUT2D eigenvalue weighted by atomic mass is 16.6. The predicted molar refractivity (Wildman–Crippen MR) is 128 cm³/mol. The van der Waals surface area contributed by atoms with Gasteiger partial charge in [-0.3, -0.25) is 4.79 Å². The number of hydrogen-bond acceptors (Lipinski definition) is 8. The standard InChI is InChI=1S/C26H27N3O6/c1-3-26(32)18-10-20-23-16(12-29(20)24(30)17(18)13-35-25(26)31)14(5-6-27-4-2)15-9-21-22(11-19(15)28-23)34-8-7-33-21/h9-11,27,32H,3-8,12-13H2,1-2H3/t26-/m0/s1. The van der Waals surface area contributed by atoms with E-state index in [1.165, 1.54) is 0 Å². The third-order valence-electron chi connectivity index (χ3n) is 7.27. The van der Waals surface area contributed by atoms with E-state index in [1.807, 2.05) is 12.1 Å². The number of carbonyl (C=O) groups excluding carboxylic acids is 1. The Labute approximate surface area is 201 Å². The first-order chi connectivity index (χ1) is 17.0. The molecular weight excluding hydrogens is 450 g/mol. The minimum absolute atomic E-state index is 0.108. The van der Waals surface area contributed by atoms with E-state index in [1.54, 1.807) is 17.6 Å². The molecule has 2 N–H and O–H groups in total. The lowest BCUT2D eigenvalue weighted by Gasteiger charge is -2.31. The predicted octanol–water partition coefficient (Wildman–Crippen LogP) is 2.00. The van der Waals surface area contributed by atoms with Gasteiger partial charge in [0.1, 0.15) is 19.8 Å². The third-order valence-corrected chi connectivity index (χ3v) is 7.27. The summed E-state index contributed by atoms with van der Waals surface area (Å²) in [6, 6.07) is 5.62. The quantitative estimate of drug-likeness (QED) is 0.332. The van der Waals surface area contributed by atoms with E-state index in [9.17, 15) is 14.7 Å². The van der Waals surface area contributed by atoms with Gasteiger partial charge >= 0.3 is 5.97 Å². The van der Waals surface area contributed by atoms with Crippen molar-refractivity contribution in [2.45, 2.75) is 45.4 Å². The normalized spacial score (nSPS) is 19.8. The Morgan fingerprint density at radius 3 is 2.60 bits per heavy atom. The largest absolute Gasteiger partial charge is 0.486 e. The molecule has 0 amide bonds. The number of nitrogens with one attached hydrogen (secondary N) is 1. The number of aromatic nitrogens is 2. The minimum atomic E-state index is -1.85. The molecule has 35 heavy (non-hydrogen) atoms. The summed E-state index contributed by atoms with van der Waals surface area (Å²) in [7, 11) is 0. The first-order valence-electron chi connectivity index (χ1n) is 12.1. The molecule has 3 aliphatic heterocycles. The van der Waals surface area contributed by atoms with Crippen LogP contribution in [0.4, 0.5) is 0 Å². The van der Waals surface area contributed by atoms with Crippen LogP contribution in [0.1, 0.15) is 42.5 Å². The van der Waals surface area contributed by atoms with Crippen molar-refractivity contribution in [3.05, 3.63) is 50.8 Å². The van der Waals surface area contributed by atoms with Gasteiger partial charge < -0.3 is 29.2 Å². The van der Waals surface area contributed by atoms with Crippen LogP contribution in [0.25, 0.3) is 22.3 Å². The van der Waals surface area contributed by atoms with Crippen molar-refractivity contribution in [2.75, 3.05) is 26.3 Å².